The van der Waals surface area contributed by atoms with Gasteiger partial charge < -0.3 is 9.47 Å². The van der Waals surface area contributed by atoms with E-state index in [0.717, 1.165) is 0 Å². The average Bonchev–Trinajstić information content (AvgIpc) is 2.74. The first kappa shape index (κ1) is 15.1. The van der Waals surface area contributed by atoms with Gasteiger partial charge in [0, 0.05) is 13.0 Å². The van der Waals surface area contributed by atoms with Gasteiger partial charge in [-0.1, -0.05) is 0 Å². The number of carbonyl (C=O) groups is 2. The molecule has 0 spiro atoms. The van der Waals surface area contributed by atoms with Crippen LogP contribution in [-0.2, 0) is 20.8 Å². The van der Waals surface area contributed by atoms with Crippen LogP contribution in [0.15, 0.2) is 6.33 Å². The van der Waals surface area contributed by atoms with Crippen molar-refractivity contribution in [1.29, 1.82) is 0 Å². The molecule has 0 aliphatic rings. The fraction of sp³-hybridized carbons (Fsp3) is 0.667. The highest BCUT2D eigenvalue weighted by Crippen LogP contribution is 2.09. The van der Waals surface area contributed by atoms with E-state index in [4.69, 9.17) is 4.74 Å². The summed E-state index contributed by atoms with van der Waals surface area (Å²) in [6.45, 7) is 5.86. The Hall–Kier alpha value is -1.92. The first-order valence-electron chi connectivity index (χ1n) is 6.01. The molecule has 0 aliphatic heterocycles. The molecular formula is C12H19N3O4. The summed E-state index contributed by atoms with van der Waals surface area (Å²) < 4.78 is 11.2. The van der Waals surface area contributed by atoms with Crippen LogP contribution >= 0.6 is 0 Å². The van der Waals surface area contributed by atoms with E-state index in [1.54, 1.807) is 0 Å². The van der Waals surface area contributed by atoms with E-state index < -0.39 is 11.6 Å². The highest BCUT2D eigenvalue weighted by Gasteiger charge is 2.17. The summed E-state index contributed by atoms with van der Waals surface area (Å²) in [5.74, 6) is -0.686. The monoisotopic (exact) mass is 269 g/mol. The Morgan fingerprint density at radius 3 is 2.63 bits per heavy atom. The van der Waals surface area contributed by atoms with Crippen LogP contribution in [0.4, 0.5) is 0 Å². The zero-order valence-corrected chi connectivity index (χ0v) is 11.7. The van der Waals surface area contributed by atoms with Crippen molar-refractivity contribution in [3.8, 4) is 0 Å². The van der Waals surface area contributed by atoms with Crippen LogP contribution in [0.3, 0.4) is 0 Å². The van der Waals surface area contributed by atoms with Gasteiger partial charge in [0.15, 0.2) is 0 Å². The lowest BCUT2D eigenvalue weighted by atomic mass is 10.2. The molecule has 0 aliphatic carbocycles. The molecule has 7 heteroatoms. The summed E-state index contributed by atoms with van der Waals surface area (Å²) in [5.41, 5.74) is -0.485. The van der Waals surface area contributed by atoms with Gasteiger partial charge in [-0.2, -0.15) is 5.10 Å². The topological polar surface area (TPSA) is 83.3 Å². The Morgan fingerprint density at radius 1 is 1.37 bits per heavy atom. The van der Waals surface area contributed by atoms with Crippen LogP contribution < -0.4 is 0 Å². The van der Waals surface area contributed by atoms with Crippen molar-refractivity contribution in [2.45, 2.75) is 45.8 Å². The highest BCUT2D eigenvalue weighted by atomic mass is 16.6. The van der Waals surface area contributed by atoms with Gasteiger partial charge in [0.25, 0.3) is 0 Å². The van der Waals surface area contributed by atoms with Crippen LogP contribution in [0, 0.1) is 0 Å². The minimum Gasteiger partial charge on any atom is -0.463 e. The first-order chi connectivity index (χ1) is 8.83. The van der Waals surface area contributed by atoms with E-state index in [-0.39, 0.29) is 18.2 Å². The lowest BCUT2D eigenvalue weighted by Crippen LogP contribution is -2.24. The van der Waals surface area contributed by atoms with Gasteiger partial charge in [-0.15, -0.1) is 0 Å². The molecule has 19 heavy (non-hydrogen) atoms. The van der Waals surface area contributed by atoms with E-state index in [1.165, 1.54) is 18.1 Å². The largest absolute Gasteiger partial charge is 0.463 e. The van der Waals surface area contributed by atoms with Crippen molar-refractivity contribution in [2.24, 2.45) is 0 Å². The number of rotatable bonds is 5. The maximum Gasteiger partial charge on any atom is 0.375 e. The second-order valence-electron chi connectivity index (χ2n) is 4.99. The Bertz CT molecular complexity index is 448. The Morgan fingerprint density at radius 2 is 2.05 bits per heavy atom. The van der Waals surface area contributed by atoms with Gasteiger partial charge in [-0.25, -0.2) is 14.5 Å². The summed E-state index contributed by atoms with van der Waals surface area (Å²) in [4.78, 5) is 26.7. The lowest BCUT2D eigenvalue weighted by molar-refractivity contribution is -0.154. The quantitative estimate of drug-likeness (QED) is 0.746. The van der Waals surface area contributed by atoms with Gasteiger partial charge in [-0.05, 0) is 27.2 Å². The number of aryl methyl sites for hydroxylation is 1. The van der Waals surface area contributed by atoms with Gasteiger partial charge in [0.1, 0.15) is 11.9 Å². The number of esters is 2. The van der Waals surface area contributed by atoms with Gasteiger partial charge in [-0.3, -0.25) is 4.79 Å². The minimum atomic E-state index is -0.547. The van der Waals surface area contributed by atoms with Crippen LogP contribution in [0.5, 0.6) is 0 Å². The molecule has 0 saturated carbocycles. The van der Waals surface area contributed by atoms with Crippen molar-refractivity contribution < 1.29 is 19.1 Å². The summed E-state index contributed by atoms with van der Waals surface area (Å²) in [7, 11) is 1.28. The molecule has 0 radical (unpaired) electrons. The second-order valence-corrected chi connectivity index (χ2v) is 4.99. The molecule has 0 amide bonds. The molecule has 7 nitrogen and oxygen atoms in total. The molecule has 1 aromatic heterocycles. The predicted molar refractivity (Wildman–Crippen MR) is 66.4 cm³/mol. The molecule has 0 saturated heterocycles. The summed E-state index contributed by atoms with van der Waals surface area (Å²) in [5, 5.41) is 3.91. The van der Waals surface area contributed by atoms with E-state index in [9.17, 15) is 9.59 Å². The molecule has 0 N–H and O–H groups in total. The molecule has 0 aromatic carbocycles. The van der Waals surface area contributed by atoms with Crippen molar-refractivity contribution in [1.82, 2.24) is 14.8 Å². The zero-order valence-electron chi connectivity index (χ0n) is 11.7. The second kappa shape index (κ2) is 6.31. The fourth-order valence-electron chi connectivity index (χ4n) is 1.44. The number of aromatic nitrogens is 3. The summed E-state index contributed by atoms with van der Waals surface area (Å²) in [6.07, 6.45) is 2.06. The molecule has 1 aromatic rings. The summed E-state index contributed by atoms with van der Waals surface area (Å²) in [6, 6.07) is 0. The number of carbonyl (C=O) groups excluding carboxylic acids is 2. The lowest BCUT2D eigenvalue weighted by Gasteiger charge is -2.19. The standard InChI is InChI=1S/C12H19N3O4/c1-12(2,3)19-9(16)6-5-7-15-10(11(17)18-4)13-8-14-15/h8H,5-7H2,1-4H3. The van der Waals surface area contributed by atoms with Crippen molar-refractivity contribution in [2.75, 3.05) is 7.11 Å². The van der Waals surface area contributed by atoms with E-state index in [1.807, 2.05) is 20.8 Å². The summed E-state index contributed by atoms with van der Waals surface area (Å²) >= 11 is 0. The molecule has 1 heterocycles. The van der Waals surface area contributed by atoms with Crippen LogP contribution in [0.1, 0.15) is 44.2 Å². The van der Waals surface area contributed by atoms with E-state index >= 15 is 0 Å². The first-order valence-corrected chi connectivity index (χ1v) is 6.01. The Labute approximate surface area is 111 Å². The number of nitrogens with zero attached hydrogens (tertiary/aromatic N) is 3. The average molecular weight is 269 g/mol. The Kier molecular flexibility index (Phi) is 5.02. The number of methoxy groups -OCH3 is 1. The van der Waals surface area contributed by atoms with Crippen molar-refractivity contribution >= 4 is 11.9 Å². The molecule has 0 atom stereocenters. The zero-order chi connectivity index (χ0) is 14.5. The fourth-order valence-corrected chi connectivity index (χ4v) is 1.44. The molecule has 0 bridgehead atoms. The molecule has 0 unspecified atom stereocenters. The maximum absolute atomic E-state index is 11.5. The molecule has 1 rings (SSSR count). The molecule has 0 fully saturated rings. The van der Waals surface area contributed by atoms with Crippen molar-refractivity contribution in [3.63, 3.8) is 0 Å². The maximum atomic E-state index is 11.5. The third-order valence-electron chi connectivity index (χ3n) is 2.15. The SMILES string of the molecule is COC(=O)c1ncnn1CCCC(=O)OC(C)(C)C. The number of hydrogen-bond acceptors (Lipinski definition) is 6. The highest BCUT2D eigenvalue weighted by molar-refractivity contribution is 5.85. The van der Waals surface area contributed by atoms with E-state index in [2.05, 4.69) is 14.8 Å². The predicted octanol–water partition coefficient (Wildman–Crippen LogP) is 1.19. The van der Waals surface area contributed by atoms with Crippen LogP contribution in [-0.4, -0.2) is 39.4 Å². The van der Waals surface area contributed by atoms with Crippen molar-refractivity contribution in [3.05, 3.63) is 12.2 Å². The Balaban J connectivity index is 2.44. The molecule has 106 valence electrons. The number of hydrogen-bond donors (Lipinski definition) is 0. The number of ether oxygens (including phenoxy) is 2. The van der Waals surface area contributed by atoms with E-state index in [0.29, 0.717) is 13.0 Å². The van der Waals surface area contributed by atoms with Gasteiger partial charge in [0.05, 0.1) is 7.11 Å². The van der Waals surface area contributed by atoms with Gasteiger partial charge in [0.2, 0.25) is 5.82 Å². The van der Waals surface area contributed by atoms with Crippen LogP contribution in [0.25, 0.3) is 0 Å². The normalized spacial score (nSPS) is 11.2. The molecular weight excluding hydrogens is 250 g/mol. The van der Waals surface area contributed by atoms with Gasteiger partial charge >= 0.3 is 11.9 Å². The third kappa shape index (κ3) is 5.07. The third-order valence-corrected chi connectivity index (χ3v) is 2.15. The van der Waals surface area contributed by atoms with Crippen LogP contribution in [0.2, 0.25) is 0 Å². The smallest absolute Gasteiger partial charge is 0.375 e. The minimum absolute atomic E-state index is 0.131.